The van der Waals surface area contributed by atoms with Crippen LogP contribution in [0.3, 0.4) is 0 Å². The minimum Gasteiger partial charge on any atom is -0.360 e. The zero-order valence-electron chi connectivity index (χ0n) is 15.4. The Bertz CT molecular complexity index is 730. The van der Waals surface area contributed by atoms with Crippen molar-refractivity contribution in [2.45, 2.75) is 51.0 Å². The van der Waals surface area contributed by atoms with Crippen molar-refractivity contribution < 1.29 is 14.3 Å². The Hall–Kier alpha value is -1.73. The number of aromatic nitrogens is 1. The van der Waals surface area contributed by atoms with Gasteiger partial charge in [0, 0.05) is 24.7 Å². The molecule has 0 aliphatic carbocycles. The van der Waals surface area contributed by atoms with Crippen LogP contribution in [0.5, 0.6) is 0 Å². The van der Waals surface area contributed by atoms with Gasteiger partial charge in [-0.15, -0.1) is 11.3 Å². The summed E-state index contributed by atoms with van der Waals surface area (Å²) in [5, 5.41) is 2.80. The summed E-state index contributed by atoms with van der Waals surface area (Å²) >= 11 is 1.53. The second-order valence-corrected chi connectivity index (χ2v) is 8.44. The number of nitrogens with zero attached hydrogens (tertiary/aromatic N) is 3. The van der Waals surface area contributed by atoms with Crippen LogP contribution >= 0.6 is 11.3 Å². The number of hydrogen-bond acceptors (Lipinski definition) is 5. The Balaban J connectivity index is 1.57. The lowest BCUT2D eigenvalue weighted by Gasteiger charge is -2.29. The lowest BCUT2D eigenvalue weighted by Crippen LogP contribution is -2.45. The Kier molecular flexibility index (Phi) is 4.39. The van der Waals surface area contributed by atoms with E-state index in [-0.39, 0.29) is 24.0 Å². The van der Waals surface area contributed by atoms with Crippen LogP contribution in [0.2, 0.25) is 0 Å². The molecule has 4 rings (SSSR count). The molecule has 2 fully saturated rings. The van der Waals surface area contributed by atoms with Crippen LogP contribution < -0.4 is 0 Å². The highest BCUT2D eigenvalue weighted by Gasteiger charge is 2.67. The van der Waals surface area contributed by atoms with Crippen molar-refractivity contribution in [3.05, 3.63) is 28.7 Å². The van der Waals surface area contributed by atoms with Gasteiger partial charge in [0.2, 0.25) is 11.8 Å². The maximum atomic E-state index is 13.2. The molecule has 0 N–H and O–H groups in total. The lowest BCUT2D eigenvalue weighted by atomic mass is 9.76. The molecule has 26 heavy (non-hydrogen) atoms. The van der Waals surface area contributed by atoms with Crippen LogP contribution in [0.25, 0.3) is 0 Å². The molecule has 6 nitrogen and oxygen atoms in total. The molecule has 2 unspecified atom stereocenters. The first kappa shape index (κ1) is 17.7. The van der Waals surface area contributed by atoms with E-state index in [2.05, 4.69) is 18.8 Å². The van der Waals surface area contributed by atoms with E-state index in [0.717, 1.165) is 17.8 Å². The molecular weight excluding hydrogens is 350 g/mol. The van der Waals surface area contributed by atoms with Crippen LogP contribution in [0, 0.1) is 11.8 Å². The number of carbonyl (C=O) groups excluding carboxylic acids is 2. The second-order valence-electron chi connectivity index (χ2n) is 7.46. The molecule has 4 heterocycles. The molecule has 2 amide bonds. The van der Waals surface area contributed by atoms with E-state index in [1.807, 2.05) is 22.4 Å². The normalized spacial score (nSPS) is 31.9. The molecule has 0 radical (unpaired) electrons. The highest BCUT2D eigenvalue weighted by Crippen LogP contribution is 2.52. The lowest BCUT2D eigenvalue weighted by molar-refractivity contribution is -0.143. The van der Waals surface area contributed by atoms with E-state index < -0.39 is 17.4 Å². The molecule has 0 saturated carbocycles. The van der Waals surface area contributed by atoms with Crippen molar-refractivity contribution in [1.29, 1.82) is 0 Å². The molecule has 4 atom stereocenters. The van der Waals surface area contributed by atoms with Gasteiger partial charge >= 0.3 is 0 Å². The number of thiazole rings is 1. The highest BCUT2D eigenvalue weighted by molar-refractivity contribution is 7.09. The number of hydrogen-bond donors (Lipinski definition) is 0. The van der Waals surface area contributed by atoms with E-state index in [1.165, 1.54) is 11.3 Å². The maximum Gasteiger partial charge on any atom is 0.230 e. The highest BCUT2D eigenvalue weighted by atomic mass is 32.1. The number of fused-ring (bicyclic) bond motifs is 1. The molecule has 0 aromatic carbocycles. The molecule has 3 aliphatic heterocycles. The summed E-state index contributed by atoms with van der Waals surface area (Å²) in [6, 6.07) is 0.210. The van der Waals surface area contributed by atoms with E-state index in [1.54, 1.807) is 18.1 Å². The van der Waals surface area contributed by atoms with Gasteiger partial charge in [0.15, 0.2) is 0 Å². The Morgan fingerprint density at radius 2 is 2.27 bits per heavy atom. The zero-order valence-corrected chi connectivity index (χ0v) is 16.2. The first-order valence-corrected chi connectivity index (χ1v) is 10.2. The van der Waals surface area contributed by atoms with E-state index in [0.29, 0.717) is 13.1 Å². The van der Waals surface area contributed by atoms with E-state index >= 15 is 0 Å². The van der Waals surface area contributed by atoms with Gasteiger partial charge in [-0.3, -0.25) is 9.59 Å². The van der Waals surface area contributed by atoms with Crippen molar-refractivity contribution in [3.8, 4) is 0 Å². The van der Waals surface area contributed by atoms with Crippen LogP contribution in [0.15, 0.2) is 23.7 Å². The fourth-order valence-electron chi connectivity index (χ4n) is 4.71. The van der Waals surface area contributed by atoms with Crippen molar-refractivity contribution >= 4 is 23.2 Å². The Morgan fingerprint density at radius 1 is 1.50 bits per heavy atom. The quantitative estimate of drug-likeness (QED) is 0.714. The topological polar surface area (TPSA) is 62.7 Å². The molecule has 1 aromatic rings. The van der Waals surface area contributed by atoms with Gasteiger partial charge in [0.1, 0.15) is 10.6 Å². The molecule has 1 spiro atoms. The predicted molar refractivity (Wildman–Crippen MR) is 98.4 cm³/mol. The standard InChI is InChI=1S/C19H25N3O3S/c1-4-12(5-2)22-11-19-7-6-13(25-19)15(16(19)18(22)24)17(23)21(3)10-14-20-8-9-26-14/h6-9,12-13,15-16H,4-5,10-11H2,1-3H3/t13-,15?,16?,19-/m0/s1. The van der Waals surface area contributed by atoms with Gasteiger partial charge in [-0.05, 0) is 12.8 Å². The number of ether oxygens (including phenoxy) is 1. The van der Waals surface area contributed by atoms with Crippen LogP contribution in [-0.2, 0) is 20.9 Å². The minimum atomic E-state index is -0.618. The average Bonchev–Trinajstić information content (AvgIpc) is 3.38. The summed E-state index contributed by atoms with van der Waals surface area (Å²) in [4.78, 5) is 34.3. The zero-order chi connectivity index (χ0) is 18.5. The monoisotopic (exact) mass is 375 g/mol. The maximum absolute atomic E-state index is 13.2. The Morgan fingerprint density at radius 3 is 2.92 bits per heavy atom. The van der Waals surface area contributed by atoms with Crippen molar-refractivity contribution in [2.75, 3.05) is 13.6 Å². The van der Waals surface area contributed by atoms with Crippen molar-refractivity contribution in [1.82, 2.24) is 14.8 Å². The number of likely N-dealkylation sites (tertiary alicyclic amines) is 1. The summed E-state index contributed by atoms with van der Waals surface area (Å²) in [5.41, 5.74) is -0.618. The average molecular weight is 375 g/mol. The molecule has 2 saturated heterocycles. The first-order chi connectivity index (χ1) is 12.5. The van der Waals surface area contributed by atoms with E-state index in [9.17, 15) is 9.59 Å². The van der Waals surface area contributed by atoms with Crippen molar-refractivity contribution in [2.24, 2.45) is 11.8 Å². The molecule has 1 aromatic heterocycles. The van der Waals surface area contributed by atoms with Gasteiger partial charge in [-0.1, -0.05) is 26.0 Å². The van der Waals surface area contributed by atoms with Crippen LogP contribution in [-0.4, -0.2) is 57.9 Å². The van der Waals surface area contributed by atoms with Crippen LogP contribution in [0.1, 0.15) is 31.7 Å². The van der Waals surface area contributed by atoms with Gasteiger partial charge in [0.05, 0.1) is 31.0 Å². The summed E-state index contributed by atoms with van der Waals surface area (Å²) < 4.78 is 6.21. The first-order valence-electron chi connectivity index (χ1n) is 9.31. The van der Waals surface area contributed by atoms with Gasteiger partial charge < -0.3 is 14.5 Å². The second kappa shape index (κ2) is 6.46. The summed E-state index contributed by atoms with van der Waals surface area (Å²) in [5.74, 6) is -0.783. The third-order valence-corrected chi connectivity index (χ3v) is 6.79. The smallest absolute Gasteiger partial charge is 0.230 e. The van der Waals surface area contributed by atoms with Gasteiger partial charge in [-0.25, -0.2) is 4.98 Å². The van der Waals surface area contributed by atoms with Crippen molar-refractivity contribution in [3.63, 3.8) is 0 Å². The number of carbonyl (C=O) groups is 2. The number of amides is 2. The molecular formula is C19H25N3O3S. The van der Waals surface area contributed by atoms with Crippen LogP contribution in [0.4, 0.5) is 0 Å². The fraction of sp³-hybridized carbons (Fsp3) is 0.632. The molecule has 7 heteroatoms. The summed E-state index contributed by atoms with van der Waals surface area (Å²) in [6.07, 6.45) is 7.28. The summed E-state index contributed by atoms with van der Waals surface area (Å²) in [6.45, 7) is 5.24. The number of rotatable bonds is 6. The minimum absolute atomic E-state index is 0.0267. The molecule has 3 aliphatic rings. The Labute approximate surface area is 157 Å². The van der Waals surface area contributed by atoms with Gasteiger partial charge in [-0.2, -0.15) is 0 Å². The third kappa shape index (κ3) is 2.52. The van der Waals surface area contributed by atoms with Gasteiger partial charge in [0.25, 0.3) is 0 Å². The third-order valence-electron chi connectivity index (χ3n) is 6.03. The van der Waals surface area contributed by atoms with E-state index in [4.69, 9.17) is 4.74 Å². The molecule has 140 valence electrons. The SMILES string of the molecule is CCC(CC)N1C[C@]23C=C[C@H](O2)C(C(=O)N(C)Cc2nccs2)C3C1=O. The largest absolute Gasteiger partial charge is 0.360 e. The predicted octanol–water partition coefficient (Wildman–Crippen LogP) is 2.07. The molecule has 2 bridgehead atoms. The summed E-state index contributed by atoms with van der Waals surface area (Å²) in [7, 11) is 1.78. The fourth-order valence-corrected chi connectivity index (χ4v) is 5.38.